The third-order valence-electron chi connectivity index (χ3n) is 5.10. The SMILES string of the molecule is CCCCCOc1ccc(-c2ccc(C(C)OC(=O)CC(C)CC)cc2)cc1. The molecule has 152 valence electrons. The lowest BCUT2D eigenvalue weighted by atomic mass is 10.0. The first-order chi connectivity index (χ1) is 13.5. The Morgan fingerprint density at radius 2 is 1.50 bits per heavy atom. The van der Waals surface area contributed by atoms with Gasteiger partial charge in [0.25, 0.3) is 0 Å². The Bertz CT molecular complexity index is 704. The minimum Gasteiger partial charge on any atom is -0.494 e. The van der Waals surface area contributed by atoms with Crippen LogP contribution in [0.5, 0.6) is 5.75 Å². The van der Waals surface area contributed by atoms with Crippen LogP contribution >= 0.6 is 0 Å². The highest BCUT2D eigenvalue weighted by Crippen LogP contribution is 2.26. The van der Waals surface area contributed by atoms with Gasteiger partial charge in [-0.05, 0) is 48.1 Å². The fourth-order valence-corrected chi connectivity index (χ4v) is 2.97. The van der Waals surface area contributed by atoms with Crippen molar-refractivity contribution in [3.8, 4) is 16.9 Å². The van der Waals surface area contributed by atoms with Gasteiger partial charge in [-0.1, -0.05) is 76.4 Å². The Labute approximate surface area is 170 Å². The zero-order valence-corrected chi connectivity index (χ0v) is 17.7. The number of benzene rings is 2. The van der Waals surface area contributed by atoms with Gasteiger partial charge in [0.1, 0.15) is 11.9 Å². The standard InChI is InChI=1S/C25H34O3/c1-5-7-8-17-27-24-15-13-23(14-16-24)22-11-9-21(10-12-22)20(4)28-25(26)18-19(3)6-2/h9-16,19-20H,5-8,17-18H2,1-4H3. The molecule has 2 aromatic carbocycles. The van der Waals surface area contributed by atoms with Crippen molar-refractivity contribution >= 4 is 5.97 Å². The molecule has 0 fully saturated rings. The number of carbonyl (C=O) groups is 1. The van der Waals surface area contributed by atoms with Gasteiger partial charge in [-0.25, -0.2) is 0 Å². The molecule has 2 aromatic rings. The Morgan fingerprint density at radius 1 is 0.893 bits per heavy atom. The monoisotopic (exact) mass is 382 g/mol. The molecule has 0 radical (unpaired) electrons. The van der Waals surface area contributed by atoms with Crippen LogP contribution in [0.4, 0.5) is 0 Å². The summed E-state index contributed by atoms with van der Waals surface area (Å²) in [6, 6.07) is 16.4. The van der Waals surface area contributed by atoms with Gasteiger partial charge >= 0.3 is 5.97 Å². The number of hydrogen-bond donors (Lipinski definition) is 0. The van der Waals surface area contributed by atoms with Crippen LogP contribution in [0.2, 0.25) is 0 Å². The number of rotatable bonds is 11. The lowest BCUT2D eigenvalue weighted by Gasteiger charge is -2.16. The van der Waals surface area contributed by atoms with Gasteiger partial charge in [-0.2, -0.15) is 0 Å². The van der Waals surface area contributed by atoms with Gasteiger partial charge in [0.05, 0.1) is 6.61 Å². The molecule has 28 heavy (non-hydrogen) atoms. The number of ether oxygens (including phenoxy) is 2. The fraction of sp³-hybridized carbons (Fsp3) is 0.480. The summed E-state index contributed by atoms with van der Waals surface area (Å²) in [5.41, 5.74) is 3.30. The summed E-state index contributed by atoms with van der Waals surface area (Å²) in [6.45, 7) is 9.05. The van der Waals surface area contributed by atoms with Gasteiger partial charge in [-0.3, -0.25) is 4.79 Å². The summed E-state index contributed by atoms with van der Waals surface area (Å²) in [4.78, 5) is 12.0. The zero-order chi connectivity index (χ0) is 20.4. The van der Waals surface area contributed by atoms with Crippen LogP contribution in [0.25, 0.3) is 11.1 Å². The maximum absolute atomic E-state index is 12.0. The van der Waals surface area contributed by atoms with Crippen LogP contribution in [0.15, 0.2) is 48.5 Å². The molecule has 0 heterocycles. The van der Waals surface area contributed by atoms with E-state index in [-0.39, 0.29) is 12.1 Å². The van der Waals surface area contributed by atoms with Crippen molar-refractivity contribution in [3.63, 3.8) is 0 Å². The average Bonchev–Trinajstić information content (AvgIpc) is 2.71. The van der Waals surface area contributed by atoms with Crippen LogP contribution in [-0.4, -0.2) is 12.6 Å². The maximum Gasteiger partial charge on any atom is 0.306 e. The summed E-state index contributed by atoms with van der Waals surface area (Å²) in [5.74, 6) is 1.15. The highest BCUT2D eigenvalue weighted by atomic mass is 16.5. The zero-order valence-electron chi connectivity index (χ0n) is 17.7. The minimum atomic E-state index is -0.232. The molecular formula is C25H34O3. The van der Waals surface area contributed by atoms with Crippen LogP contribution in [0, 0.1) is 5.92 Å². The molecule has 0 spiro atoms. The van der Waals surface area contributed by atoms with Gasteiger partial charge in [0.2, 0.25) is 0 Å². The molecule has 3 heteroatoms. The Balaban J connectivity index is 1.91. The van der Waals surface area contributed by atoms with E-state index in [2.05, 4.69) is 45.0 Å². The minimum absolute atomic E-state index is 0.125. The average molecular weight is 383 g/mol. The van der Waals surface area contributed by atoms with Crippen LogP contribution in [0.3, 0.4) is 0 Å². The maximum atomic E-state index is 12.0. The van der Waals surface area contributed by atoms with Gasteiger partial charge < -0.3 is 9.47 Å². The van der Waals surface area contributed by atoms with E-state index in [4.69, 9.17) is 9.47 Å². The van der Waals surface area contributed by atoms with Crippen molar-refractivity contribution < 1.29 is 14.3 Å². The molecule has 0 N–H and O–H groups in total. The van der Waals surface area contributed by atoms with E-state index in [0.29, 0.717) is 12.3 Å². The first kappa shape index (κ1) is 22.0. The van der Waals surface area contributed by atoms with Crippen LogP contribution in [-0.2, 0) is 9.53 Å². The lowest BCUT2D eigenvalue weighted by molar-refractivity contribution is -0.149. The highest BCUT2D eigenvalue weighted by Gasteiger charge is 2.14. The molecule has 0 aliphatic heterocycles. The van der Waals surface area contributed by atoms with E-state index in [1.807, 2.05) is 31.2 Å². The van der Waals surface area contributed by atoms with E-state index in [0.717, 1.165) is 41.9 Å². The van der Waals surface area contributed by atoms with Gasteiger partial charge in [0, 0.05) is 6.42 Å². The molecule has 0 saturated heterocycles. The van der Waals surface area contributed by atoms with E-state index in [9.17, 15) is 4.79 Å². The smallest absolute Gasteiger partial charge is 0.306 e. The molecular weight excluding hydrogens is 348 g/mol. The molecule has 0 amide bonds. The van der Waals surface area contributed by atoms with Gasteiger partial charge in [-0.15, -0.1) is 0 Å². The summed E-state index contributed by atoms with van der Waals surface area (Å²) >= 11 is 0. The fourth-order valence-electron chi connectivity index (χ4n) is 2.97. The molecule has 2 unspecified atom stereocenters. The lowest BCUT2D eigenvalue weighted by Crippen LogP contribution is -2.12. The van der Waals surface area contributed by atoms with Crippen LogP contribution in [0.1, 0.15) is 71.5 Å². The van der Waals surface area contributed by atoms with Gasteiger partial charge in [0.15, 0.2) is 0 Å². The Kier molecular flexibility index (Phi) is 9.06. The highest BCUT2D eigenvalue weighted by molar-refractivity contribution is 5.70. The largest absolute Gasteiger partial charge is 0.494 e. The van der Waals surface area contributed by atoms with Crippen molar-refractivity contribution in [3.05, 3.63) is 54.1 Å². The summed E-state index contributed by atoms with van der Waals surface area (Å²) in [7, 11) is 0. The molecule has 2 rings (SSSR count). The van der Waals surface area contributed by atoms with Crippen LogP contribution < -0.4 is 4.74 Å². The molecule has 3 nitrogen and oxygen atoms in total. The molecule has 2 atom stereocenters. The number of esters is 1. The Hall–Kier alpha value is -2.29. The van der Waals surface area contributed by atoms with E-state index in [1.54, 1.807) is 0 Å². The van der Waals surface area contributed by atoms with Crippen molar-refractivity contribution in [2.75, 3.05) is 6.61 Å². The predicted molar refractivity (Wildman–Crippen MR) is 115 cm³/mol. The van der Waals surface area contributed by atoms with E-state index >= 15 is 0 Å². The number of unbranched alkanes of at least 4 members (excludes halogenated alkanes) is 2. The second-order valence-electron chi connectivity index (χ2n) is 7.55. The molecule has 0 aliphatic rings. The second-order valence-corrected chi connectivity index (χ2v) is 7.55. The Morgan fingerprint density at radius 3 is 2.07 bits per heavy atom. The topological polar surface area (TPSA) is 35.5 Å². The van der Waals surface area contributed by atoms with Crippen molar-refractivity contribution in [1.82, 2.24) is 0 Å². The summed E-state index contributed by atoms with van der Waals surface area (Å²) < 4.78 is 11.3. The van der Waals surface area contributed by atoms with Crippen molar-refractivity contribution in [1.29, 1.82) is 0 Å². The van der Waals surface area contributed by atoms with E-state index in [1.165, 1.54) is 12.8 Å². The van der Waals surface area contributed by atoms with Crippen molar-refractivity contribution in [2.45, 2.75) is 65.9 Å². The normalized spacial score (nSPS) is 13.0. The van der Waals surface area contributed by atoms with E-state index < -0.39 is 0 Å². The quantitative estimate of drug-likeness (QED) is 0.311. The molecule has 0 aliphatic carbocycles. The molecule has 0 saturated carbocycles. The number of hydrogen-bond acceptors (Lipinski definition) is 3. The summed E-state index contributed by atoms with van der Waals surface area (Å²) in [5, 5.41) is 0. The molecule has 0 aromatic heterocycles. The van der Waals surface area contributed by atoms with Crippen molar-refractivity contribution in [2.24, 2.45) is 5.92 Å². The number of carbonyl (C=O) groups excluding carboxylic acids is 1. The molecule has 0 bridgehead atoms. The summed E-state index contributed by atoms with van der Waals surface area (Å²) in [6.07, 6.45) is 4.74. The predicted octanol–water partition coefficient (Wildman–Crippen LogP) is 6.96. The first-order valence-corrected chi connectivity index (χ1v) is 10.6. The second kappa shape index (κ2) is 11.5. The first-order valence-electron chi connectivity index (χ1n) is 10.6. The third-order valence-corrected chi connectivity index (χ3v) is 5.10. The third kappa shape index (κ3) is 7.03.